The first-order valence-electron chi connectivity index (χ1n) is 7.84. The zero-order chi connectivity index (χ0) is 18.1. The second kappa shape index (κ2) is 6.93. The van der Waals surface area contributed by atoms with Gasteiger partial charge in [-0.1, -0.05) is 0 Å². The van der Waals surface area contributed by atoms with Crippen molar-refractivity contribution in [3.8, 4) is 0 Å². The van der Waals surface area contributed by atoms with Crippen molar-refractivity contribution in [2.24, 2.45) is 11.7 Å². The number of carbonyl (C=O) groups is 2. The van der Waals surface area contributed by atoms with Crippen molar-refractivity contribution in [2.45, 2.75) is 45.6 Å². The van der Waals surface area contributed by atoms with Crippen LogP contribution in [0.2, 0.25) is 5.28 Å². The highest BCUT2D eigenvalue weighted by Gasteiger charge is 2.32. The number of amides is 1. The number of fused-ring (bicyclic) bond motifs is 1. The SMILES string of the molecule is CN(CC(N)=O)c1nc(Cl)nc2c1CCC(C(=O)OC(C)(C)C)C2. The van der Waals surface area contributed by atoms with Gasteiger partial charge in [0.05, 0.1) is 18.2 Å². The summed E-state index contributed by atoms with van der Waals surface area (Å²) < 4.78 is 5.47. The van der Waals surface area contributed by atoms with Crippen molar-refractivity contribution in [1.29, 1.82) is 0 Å². The van der Waals surface area contributed by atoms with Gasteiger partial charge in [0.1, 0.15) is 11.4 Å². The van der Waals surface area contributed by atoms with Crippen molar-refractivity contribution >= 4 is 29.3 Å². The van der Waals surface area contributed by atoms with Crippen molar-refractivity contribution in [1.82, 2.24) is 9.97 Å². The predicted molar refractivity (Wildman–Crippen MR) is 90.9 cm³/mol. The van der Waals surface area contributed by atoms with E-state index in [1.165, 1.54) is 0 Å². The van der Waals surface area contributed by atoms with Crippen LogP contribution in [0.3, 0.4) is 0 Å². The lowest BCUT2D eigenvalue weighted by atomic mass is 9.86. The highest BCUT2D eigenvalue weighted by Crippen LogP contribution is 2.32. The number of rotatable bonds is 4. The Morgan fingerprint density at radius 1 is 1.38 bits per heavy atom. The third-order valence-corrected chi connectivity index (χ3v) is 3.89. The number of anilines is 1. The molecule has 0 fully saturated rings. The second-order valence-corrected chi connectivity index (χ2v) is 7.38. The van der Waals surface area contributed by atoms with Crippen molar-refractivity contribution in [3.63, 3.8) is 0 Å². The zero-order valence-corrected chi connectivity index (χ0v) is 15.2. The highest BCUT2D eigenvalue weighted by molar-refractivity contribution is 6.28. The lowest BCUT2D eigenvalue weighted by molar-refractivity contribution is -0.160. The van der Waals surface area contributed by atoms with Gasteiger partial charge in [-0.2, -0.15) is 0 Å². The van der Waals surface area contributed by atoms with Gasteiger partial charge < -0.3 is 15.4 Å². The second-order valence-electron chi connectivity index (χ2n) is 7.04. The molecule has 1 amide bonds. The van der Waals surface area contributed by atoms with Crippen LogP contribution in [0.4, 0.5) is 5.82 Å². The van der Waals surface area contributed by atoms with E-state index in [0.717, 1.165) is 11.3 Å². The number of hydrogen-bond donors (Lipinski definition) is 1. The smallest absolute Gasteiger partial charge is 0.309 e. The minimum atomic E-state index is -0.520. The molecule has 0 aliphatic heterocycles. The molecule has 1 atom stereocenters. The Morgan fingerprint density at radius 3 is 2.62 bits per heavy atom. The first kappa shape index (κ1) is 18.4. The molecule has 0 saturated carbocycles. The maximum absolute atomic E-state index is 12.3. The van der Waals surface area contributed by atoms with E-state index in [4.69, 9.17) is 22.1 Å². The van der Waals surface area contributed by atoms with Gasteiger partial charge in [0.2, 0.25) is 11.2 Å². The molecule has 2 N–H and O–H groups in total. The molecular formula is C16H23ClN4O3. The van der Waals surface area contributed by atoms with Crippen LogP contribution in [0.25, 0.3) is 0 Å². The Labute approximate surface area is 146 Å². The first-order chi connectivity index (χ1) is 11.1. The largest absolute Gasteiger partial charge is 0.460 e. The number of aromatic nitrogens is 2. The summed E-state index contributed by atoms with van der Waals surface area (Å²) >= 11 is 6.01. The molecule has 1 aliphatic rings. The Balaban J connectivity index is 2.24. The van der Waals surface area contributed by atoms with Crippen LogP contribution >= 0.6 is 11.6 Å². The minimum Gasteiger partial charge on any atom is -0.460 e. The fraction of sp³-hybridized carbons (Fsp3) is 0.625. The summed E-state index contributed by atoms with van der Waals surface area (Å²) in [5, 5.41) is 0.0879. The number of nitrogens with two attached hydrogens (primary N) is 1. The van der Waals surface area contributed by atoms with Gasteiger partial charge in [-0.15, -0.1) is 0 Å². The average Bonchev–Trinajstić information content (AvgIpc) is 2.43. The maximum Gasteiger partial charge on any atom is 0.309 e. The molecule has 0 radical (unpaired) electrons. The molecule has 1 heterocycles. The molecule has 0 spiro atoms. The summed E-state index contributed by atoms with van der Waals surface area (Å²) in [7, 11) is 1.73. The molecule has 1 aromatic rings. The van der Waals surface area contributed by atoms with Gasteiger partial charge in [0.25, 0.3) is 0 Å². The molecule has 0 saturated heterocycles. The molecule has 0 bridgehead atoms. The Hall–Kier alpha value is -1.89. The Morgan fingerprint density at radius 2 is 2.04 bits per heavy atom. The van der Waals surface area contributed by atoms with E-state index in [1.807, 2.05) is 20.8 Å². The molecule has 132 valence electrons. The summed E-state index contributed by atoms with van der Waals surface area (Å²) in [5.74, 6) is -0.346. The summed E-state index contributed by atoms with van der Waals surface area (Å²) in [6.45, 7) is 5.57. The van der Waals surface area contributed by atoms with Crippen LogP contribution in [0, 0.1) is 5.92 Å². The highest BCUT2D eigenvalue weighted by atomic mass is 35.5. The molecule has 8 heteroatoms. The van der Waals surface area contributed by atoms with Crippen molar-refractivity contribution in [3.05, 3.63) is 16.5 Å². The number of carbonyl (C=O) groups excluding carboxylic acids is 2. The lowest BCUT2D eigenvalue weighted by Crippen LogP contribution is -2.34. The first-order valence-corrected chi connectivity index (χ1v) is 8.22. The molecule has 1 aliphatic carbocycles. The number of nitrogens with zero attached hydrogens (tertiary/aromatic N) is 3. The van der Waals surface area contributed by atoms with Crippen LogP contribution in [-0.4, -0.2) is 41.0 Å². The third-order valence-electron chi connectivity index (χ3n) is 3.72. The summed E-state index contributed by atoms with van der Waals surface area (Å²) in [5.41, 5.74) is 6.36. The van der Waals surface area contributed by atoms with E-state index >= 15 is 0 Å². The molecule has 1 unspecified atom stereocenters. The van der Waals surface area contributed by atoms with Gasteiger partial charge in [0, 0.05) is 19.0 Å². The van der Waals surface area contributed by atoms with Gasteiger partial charge in [0.15, 0.2) is 0 Å². The van der Waals surface area contributed by atoms with Crippen molar-refractivity contribution in [2.75, 3.05) is 18.5 Å². The maximum atomic E-state index is 12.3. The normalized spacial score (nSPS) is 17.1. The standard InChI is InChI=1S/C16H23ClN4O3/c1-16(2,3)24-14(23)9-5-6-10-11(7-9)19-15(17)20-13(10)21(4)8-12(18)22/h9H,5-8H2,1-4H3,(H2,18,22). The van der Waals surface area contributed by atoms with Crippen LogP contribution in [0.5, 0.6) is 0 Å². The van der Waals surface area contributed by atoms with Crippen LogP contribution in [0.1, 0.15) is 38.4 Å². The molecule has 2 rings (SSSR count). The van der Waals surface area contributed by atoms with E-state index in [9.17, 15) is 9.59 Å². The van der Waals surface area contributed by atoms with Gasteiger partial charge in [-0.05, 0) is 45.2 Å². The summed E-state index contributed by atoms with van der Waals surface area (Å²) in [6.07, 6.45) is 1.71. The number of hydrogen-bond acceptors (Lipinski definition) is 6. The fourth-order valence-corrected chi connectivity index (χ4v) is 2.96. The number of esters is 1. The van der Waals surface area contributed by atoms with Gasteiger partial charge in [-0.25, -0.2) is 9.97 Å². The summed E-state index contributed by atoms with van der Waals surface area (Å²) in [6, 6.07) is 0. The third kappa shape index (κ3) is 4.56. The monoisotopic (exact) mass is 354 g/mol. The molecular weight excluding hydrogens is 332 g/mol. The Bertz CT molecular complexity index is 657. The minimum absolute atomic E-state index is 0.0370. The van der Waals surface area contributed by atoms with Gasteiger partial charge in [-0.3, -0.25) is 9.59 Å². The number of ether oxygens (including phenoxy) is 1. The fourth-order valence-electron chi connectivity index (χ4n) is 2.78. The van der Waals surface area contributed by atoms with E-state index in [2.05, 4.69) is 9.97 Å². The Kier molecular flexibility index (Phi) is 5.32. The topological polar surface area (TPSA) is 98.4 Å². The van der Waals surface area contributed by atoms with Crippen LogP contribution < -0.4 is 10.6 Å². The number of likely N-dealkylation sites (N-methyl/N-ethyl adjacent to an activating group) is 1. The van der Waals surface area contributed by atoms with E-state index in [0.29, 0.717) is 25.1 Å². The molecule has 1 aromatic heterocycles. The van der Waals surface area contributed by atoms with E-state index in [1.54, 1.807) is 11.9 Å². The summed E-state index contributed by atoms with van der Waals surface area (Å²) in [4.78, 5) is 33.6. The predicted octanol–water partition coefficient (Wildman–Crippen LogP) is 1.50. The molecule has 24 heavy (non-hydrogen) atoms. The lowest BCUT2D eigenvalue weighted by Gasteiger charge is -2.29. The van der Waals surface area contributed by atoms with Crippen LogP contribution in [-0.2, 0) is 27.2 Å². The van der Waals surface area contributed by atoms with E-state index in [-0.39, 0.29) is 23.7 Å². The quantitative estimate of drug-likeness (QED) is 0.649. The molecule has 0 aromatic carbocycles. The average molecular weight is 355 g/mol. The molecule has 7 nitrogen and oxygen atoms in total. The van der Waals surface area contributed by atoms with Crippen LogP contribution in [0.15, 0.2) is 0 Å². The number of primary amides is 1. The number of halogens is 1. The van der Waals surface area contributed by atoms with Gasteiger partial charge >= 0.3 is 5.97 Å². The van der Waals surface area contributed by atoms with E-state index < -0.39 is 11.5 Å². The zero-order valence-electron chi connectivity index (χ0n) is 14.4. The van der Waals surface area contributed by atoms with Crippen molar-refractivity contribution < 1.29 is 14.3 Å².